The quantitative estimate of drug-likeness (QED) is 0.685. The van der Waals surface area contributed by atoms with Gasteiger partial charge in [-0.3, -0.25) is 4.79 Å². The predicted molar refractivity (Wildman–Crippen MR) is 123 cm³/mol. The highest BCUT2D eigenvalue weighted by Gasteiger charge is 2.26. The van der Waals surface area contributed by atoms with Crippen LogP contribution in [0.5, 0.6) is 0 Å². The van der Waals surface area contributed by atoms with Crippen LogP contribution in [0, 0.1) is 11.8 Å². The maximum Gasteiger partial charge on any atom is 0.321 e. The molecule has 0 bridgehead atoms. The van der Waals surface area contributed by atoms with Crippen LogP contribution in [-0.2, 0) is 4.79 Å². The number of para-hydroxylation sites is 2. The summed E-state index contributed by atoms with van der Waals surface area (Å²) in [5.41, 5.74) is 1.54. The number of urea groups is 1. The van der Waals surface area contributed by atoms with Crippen molar-refractivity contribution in [1.82, 2.24) is 9.80 Å². The predicted octanol–water partition coefficient (Wildman–Crippen LogP) is 4.43. The minimum absolute atomic E-state index is 0.0532. The molecule has 3 rings (SSSR count). The summed E-state index contributed by atoms with van der Waals surface area (Å²) >= 11 is 0. The molecule has 2 aliphatic rings. The number of rotatable bonds is 8. The molecule has 0 aromatic heterocycles. The molecule has 0 aliphatic carbocycles. The van der Waals surface area contributed by atoms with Crippen LogP contribution in [0.25, 0.3) is 0 Å². The molecule has 2 aliphatic heterocycles. The van der Waals surface area contributed by atoms with Crippen LogP contribution < -0.4 is 10.2 Å². The van der Waals surface area contributed by atoms with Crippen LogP contribution >= 0.6 is 0 Å². The van der Waals surface area contributed by atoms with Gasteiger partial charge in [-0.25, -0.2) is 4.79 Å². The van der Waals surface area contributed by atoms with Gasteiger partial charge in [0.25, 0.3) is 0 Å². The van der Waals surface area contributed by atoms with Crippen molar-refractivity contribution in [2.75, 3.05) is 49.5 Å². The second-order valence-electron chi connectivity index (χ2n) is 9.10. The van der Waals surface area contributed by atoms with E-state index in [9.17, 15) is 9.59 Å². The van der Waals surface area contributed by atoms with Gasteiger partial charge in [0.2, 0.25) is 5.91 Å². The third-order valence-corrected chi connectivity index (χ3v) is 6.34. The first-order valence-electron chi connectivity index (χ1n) is 11.7. The molecule has 6 nitrogen and oxygen atoms in total. The molecule has 1 aromatic rings. The summed E-state index contributed by atoms with van der Waals surface area (Å²) in [4.78, 5) is 31.3. The van der Waals surface area contributed by atoms with E-state index in [1.807, 2.05) is 29.2 Å². The molecule has 166 valence electrons. The minimum atomic E-state index is -0.0532. The Morgan fingerprint density at radius 1 is 1.20 bits per heavy atom. The van der Waals surface area contributed by atoms with Crippen molar-refractivity contribution in [2.45, 2.75) is 52.9 Å². The summed E-state index contributed by atoms with van der Waals surface area (Å²) in [6.45, 7) is 12.5. The zero-order chi connectivity index (χ0) is 21.5. The minimum Gasteiger partial charge on any atom is -0.325 e. The summed E-state index contributed by atoms with van der Waals surface area (Å²) < 4.78 is 0. The van der Waals surface area contributed by atoms with E-state index in [0.29, 0.717) is 18.3 Å². The lowest BCUT2D eigenvalue weighted by molar-refractivity contribution is -0.117. The van der Waals surface area contributed by atoms with Crippen molar-refractivity contribution in [3.8, 4) is 0 Å². The van der Waals surface area contributed by atoms with Gasteiger partial charge >= 0.3 is 6.03 Å². The Hall–Kier alpha value is -2.08. The fourth-order valence-electron chi connectivity index (χ4n) is 4.60. The molecule has 3 amide bonds. The van der Waals surface area contributed by atoms with Gasteiger partial charge in [0.05, 0.1) is 11.4 Å². The number of piperidine rings is 1. The van der Waals surface area contributed by atoms with Crippen molar-refractivity contribution in [1.29, 1.82) is 0 Å². The molecule has 0 atom stereocenters. The molecule has 0 radical (unpaired) electrons. The number of amides is 3. The normalized spacial score (nSPS) is 18.0. The van der Waals surface area contributed by atoms with Crippen LogP contribution in [0.15, 0.2) is 24.3 Å². The van der Waals surface area contributed by atoms with Crippen molar-refractivity contribution < 1.29 is 9.59 Å². The van der Waals surface area contributed by atoms with Gasteiger partial charge in [0, 0.05) is 32.6 Å². The van der Waals surface area contributed by atoms with E-state index < -0.39 is 0 Å². The van der Waals surface area contributed by atoms with E-state index in [2.05, 4.69) is 31.0 Å². The van der Waals surface area contributed by atoms with E-state index in [0.717, 1.165) is 69.9 Å². The van der Waals surface area contributed by atoms with E-state index in [-0.39, 0.29) is 11.9 Å². The highest BCUT2D eigenvalue weighted by Crippen LogP contribution is 2.30. The van der Waals surface area contributed by atoms with Crippen LogP contribution in [0.2, 0.25) is 0 Å². The first-order chi connectivity index (χ1) is 14.5. The Kier molecular flexibility index (Phi) is 8.14. The molecule has 2 saturated heterocycles. The summed E-state index contributed by atoms with van der Waals surface area (Å²) in [6.07, 6.45) is 4.82. The lowest BCUT2D eigenvalue weighted by Gasteiger charge is -2.33. The molecular weight excluding hydrogens is 376 g/mol. The summed E-state index contributed by atoms with van der Waals surface area (Å²) in [6, 6.07) is 7.58. The highest BCUT2D eigenvalue weighted by molar-refractivity contribution is 6.01. The monoisotopic (exact) mass is 414 g/mol. The maximum absolute atomic E-state index is 12.9. The number of nitrogens with zero attached hydrogens (tertiary/aromatic N) is 3. The zero-order valence-electron chi connectivity index (χ0n) is 18.9. The summed E-state index contributed by atoms with van der Waals surface area (Å²) in [5, 5.41) is 3.06. The van der Waals surface area contributed by atoms with Gasteiger partial charge in [0.1, 0.15) is 0 Å². The Balaban J connectivity index is 1.49. The Morgan fingerprint density at radius 2 is 1.93 bits per heavy atom. The first-order valence-corrected chi connectivity index (χ1v) is 11.7. The van der Waals surface area contributed by atoms with Gasteiger partial charge < -0.3 is 20.0 Å². The number of hydrogen-bond acceptors (Lipinski definition) is 3. The van der Waals surface area contributed by atoms with Gasteiger partial charge in [0.15, 0.2) is 0 Å². The second-order valence-corrected chi connectivity index (χ2v) is 9.10. The van der Waals surface area contributed by atoms with Crippen LogP contribution in [0.4, 0.5) is 16.2 Å². The Bertz CT molecular complexity index is 713. The van der Waals surface area contributed by atoms with Crippen LogP contribution in [-0.4, -0.2) is 61.0 Å². The van der Waals surface area contributed by atoms with Crippen LogP contribution in [0.1, 0.15) is 52.9 Å². The Morgan fingerprint density at radius 3 is 2.57 bits per heavy atom. The molecule has 1 aromatic carbocycles. The topological polar surface area (TPSA) is 55.9 Å². The average molecular weight is 415 g/mol. The van der Waals surface area contributed by atoms with E-state index in [4.69, 9.17) is 0 Å². The number of anilines is 2. The van der Waals surface area contributed by atoms with E-state index >= 15 is 0 Å². The molecule has 0 saturated carbocycles. The number of benzene rings is 1. The van der Waals surface area contributed by atoms with Gasteiger partial charge in [-0.15, -0.1) is 0 Å². The SMILES string of the molecule is CCN(CCC1CCN(C(=O)Nc2ccccc2N2CCCC2=O)CC1)CC(C)C. The average Bonchev–Trinajstić information content (AvgIpc) is 3.17. The third kappa shape index (κ3) is 5.97. The lowest BCUT2D eigenvalue weighted by atomic mass is 9.93. The van der Waals surface area contributed by atoms with Crippen LogP contribution in [0.3, 0.4) is 0 Å². The molecule has 0 unspecified atom stereocenters. The third-order valence-electron chi connectivity index (χ3n) is 6.34. The second kappa shape index (κ2) is 10.8. The lowest BCUT2D eigenvalue weighted by Crippen LogP contribution is -2.42. The summed E-state index contributed by atoms with van der Waals surface area (Å²) in [5.74, 6) is 1.54. The zero-order valence-corrected chi connectivity index (χ0v) is 18.9. The fraction of sp³-hybridized carbons (Fsp3) is 0.667. The standard InChI is InChI=1S/C24H38N4O2/c1-4-26(18-19(2)3)15-11-20-12-16-27(17-13-20)24(30)25-21-8-5-6-9-22(21)28-14-7-10-23(28)29/h5-6,8-9,19-20H,4,7,10-18H2,1-3H3,(H,25,30). The van der Waals surface area contributed by atoms with Crippen molar-refractivity contribution in [2.24, 2.45) is 11.8 Å². The van der Waals surface area contributed by atoms with Gasteiger partial charge in [-0.05, 0) is 62.7 Å². The molecule has 0 spiro atoms. The van der Waals surface area contributed by atoms with Crippen molar-refractivity contribution >= 4 is 23.3 Å². The molecule has 6 heteroatoms. The van der Waals surface area contributed by atoms with Crippen molar-refractivity contribution in [3.05, 3.63) is 24.3 Å². The molecular formula is C24H38N4O2. The summed E-state index contributed by atoms with van der Waals surface area (Å²) in [7, 11) is 0. The molecule has 2 heterocycles. The smallest absolute Gasteiger partial charge is 0.321 e. The fourth-order valence-corrected chi connectivity index (χ4v) is 4.60. The van der Waals surface area contributed by atoms with Gasteiger partial charge in [-0.2, -0.15) is 0 Å². The number of likely N-dealkylation sites (tertiary alicyclic amines) is 1. The highest BCUT2D eigenvalue weighted by atomic mass is 16.2. The van der Waals surface area contributed by atoms with Crippen molar-refractivity contribution in [3.63, 3.8) is 0 Å². The largest absolute Gasteiger partial charge is 0.325 e. The van der Waals surface area contributed by atoms with Gasteiger partial charge in [-0.1, -0.05) is 32.9 Å². The van der Waals surface area contributed by atoms with E-state index in [1.165, 1.54) is 6.42 Å². The number of carbonyl (C=O) groups is 2. The van der Waals surface area contributed by atoms with E-state index in [1.54, 1.807) is 4.90 Å². The first kappa shape index (κ1) is 22.6. The number of nitrogens with one attached hydrogen (secondary N) is 1. The maximum atomic E-state index is 12.9. The Labute approximate surface area is 181 Å². The number of carbonyl (C=O) groups excluding carboxylic acids is 2. The number of hydrogen-bond donors (Lipinski definition) is 1. The molecule has 30 heavy (non-hydrogen) atoms. The molecule has 1 N–H and O–H groups in total. The molecule has 2 fully saturated rings.